The van der Waals surface area contributed by atoms with E-state index in [1.807, 2.05) is 0 Å². The molecule has 0 aliphatic carbocycles. The van der Waals surface area contributed by atoms with Crippen LogP contribution < -0.4 is 22.5 Å². The first-order chi connectivity index (χ1) is 4.49. The highest BCUT2D eigenvalue weighted by Crippen LogP contribution is 2.13. The van der Waals surface area contributed by atoms with Crippen molar-refractivity contribution in [3.05, 3.63) is 11.9 Å². The average molecular weight is 162 g/mol. The van der Waals surface area contributed by atoms with E-state index >= 15 is 0 Å². The lowest BCUT2D eigenvalue weighted by atomic mass is 10.4. The summed E-state index contributed by atoms with van der Waals surface area (Å²) < 4.78 is 0. The van der Waals surface area contributed by atoms with Crippen LogP contribution in [0.1, 0.15) is 0 Å². The Labute approximate surface area is 62.9 Å². The van der Waals surface area contributed by atoms with E-state index in [4.69, 9.17) is 28.8 Å². The molecule has 1 aliphatic heterocycles. The largest absolute Gasteiger partial charge is 0.385 e. The van der Waals surface area contributed by atoms with E-state index < -0.39 is 5.12 Å². The fraction of sp³-hybridized carbons (Fsp3) is 0.250. The van der Waals surface area contributed by atoms with Crippen LogP contribution in [0.2, 0.25) is 0 Å². The number of alkyl halides is 1. The Balaban J connectivity index is 2.88. The summed E-state index contributed by atoms with van der Waals surface area (Å²) in [5, 5.41) is 1.24. The standard InChI is InChI=1S/C4H8ClN5/c5-4(8)1-2(6)9-3(7)10-4/h1H,6,8H2,(H3,7,9,10). The van der Waals surface area contributed by atoms with Gasteiger partial charge in [0.05, 0.1) is 0 Å². The monoisotopic (exact) mass is 161 g/mol. The van der Waals surface area contributed by atoms with Crippen LogP contribution in [-0.4, -0.2) is 11.1 Å². The van der Waals surface area contributed by atoms with E-state index in [0.29, 0.717) is 5.82 Å². The normalized spacial score (nSPS) is 32.2. The molecule has 5 nitrogen and oxygen atoms in total. The van der Waals surface area contributed by atoms with E-state index in [9.17, 15) is 0 Å². The molecule has 0 radical (unpaired) electrons. The van der Waals surface area contributed by atoms with Crippen molar-refractivity contribution in [2.45, 2.75) is 5.12 Å². The third kappa shape index (κ3) is 1.52. The summed E-state index contributed by atoms with van der Waals surface area (Å²) in [6, 6.07) is 0. The van der Waals surface area contributed by atoms with Gasteiger partial charge in [0.1, 0.15) is 5.82 Å². The molecule has 1 heterocycles. The number of nitrogens with two attached hydrogens (primary N) is 3. The quantitative estimate of drug-likeness (QED) is 0.258. The summed E-state index contributed by atoms with van der Waals surface area (Å²) in [6.45, 7) is 0. The Morgan fingerprint density at radius 2 is 2.20 bits per heavy atom. The molecular formula is C4H8ClN5. The second kappa shape index (κ2) is 2.03. The number of halogens is 1. The fourth-order valence-electron chi connectivity index (χ4n) is 0.647. The van der Waals surface area contributed by atoms with Crippen molar-refractivity contribution in [1.29, 1.82) is 0 Å². The molecule has 0 aromatic rings. The molecule has 0 aromatic carbocycles. The van der Waals surface area contributed by atoms with E-state index in [2.05, 4.69) is 10.3 Å². The van der Waals surface area contributed by atoms with Crippen molar-refractivity contribution in [2.24, 2.45) is 22.2 Å². The van der Waals surface area contributed by atoms with Crippen molar-refractivity contribution in [3.63, 3.8) is 0 Å². The van der Waals surface area contributed by atoms with Crippen LogP contribution in [0.25, 0.3) is 0 Å². The van der Waals surface area contributed by atoms with Gasteiger partial charge >= 0.3 is 0 Å². The minimum Gasteiger partial charge on any atom is -0.385 e. The molecule has 1 atom stereocenters. The summed E-state index contributed by atoms with van der Waals surface area (Å²) in [5.74, 6) is 0.433. The molecule has 10 heavy (non-hydrogen) atoms. The predicted molar refractivity (Wildman–Crippen MR) is 39.8 cm³/mol. The summed E-state index contributed by atoms with van der Waals surface area (Å²) in [7, 11) is 0. The molecule has 0 aromatic heterocycles. The fourth-order valence-corrected chi connectivity index (χ4v) is 0.856. The minimum absolute atomic E-state index is 0.123. The zero-order valence-electron chi connectivity index (χ0n) is 5.13. The van der Waals surface area contributed by atoms with Crippen LogP contribution in [0.3, 0.4) is 0 Å². The molecule has 6 heteroatoms. The van der Waals surface area contributed by atoms with Gasteiger partial charge in [-0.15, -0.1) is 0 Å². The molecule has 56 valence electrons. The molecule has 0 spiro atoms. The summed E-state index contributed by atoms with van der Waals surface area (Å²) >= 11 is 5.58. The average Bonchev–Trinajstić information content (AvgIpc) is 1.54. The van der Waals surface area contributed by atoms with Gasteiger partial charge in [-0.2, -0.15) is 0 Å². The first kappa shape index (κ1) is 7.17. The van der Waals surface area contributed by atoms with Crippen LogP contribution >= 0.6 is 11.6 Å². The van der Waals surface area contributed by atoms with Gasteiger partial charge in [0, 0.05) is 6.08 Å². The zero-order valence-corrected chi connectivity index (χ0v) is 5.89. The Hall–Kier alpha value is -0.940. The molecule has 1 unspecified atom stereocenters. The minimum atomic E-state index is -1.29. The van der Waals surface area contributed by atoms with E-state index in [1.54, 1.807) is 0 Å². The Bertz CT molecular complexity index is 186. The number of rotatable bonds is 0. The number of aliphatic imine (C=N–C) groups is 1. The van der Waals surface area contributed by atoms with Crippen molar-refractivity contribution in [3.8, 4) is 0 Å². The van der Waals surface area contributed by atoms with E-state index in [0.717, 1.165) is 0 Å². The van der Waals surface area contributed by atoms with Gasteiger partial charge in [0.2, 0.25) is 5.12 Å². The second-order valence-corrected chi connectivity index (χ2v) is 2.55. The number of nitrogens with one attached hydrogen (secondary N) is 1. The predicted octanol–water partition coefficient (Wildman–Crippen LogP) is -1.44. The molecule has 0 amide bonds. The topological polar surface area (TPSA) is 102 Å². The van der Waals surface area contributed by atoms with Gasteiger partial charge in [0.25, 0.3) is 0 Å². The number of guanidine groups is 1. The zero-order chi connectivity index (χ0) is 7.78. The Morgan fingerprint density at radius 1 is 1.60 bits per heavy atom. The highest BCUT2D eigenvalue weighted by Gasteiger charge is 2.21. The highest BCUT2D eigenvalue weighted by atomic mass is 35.5. The Morgan fingerprint density at radius 3 is 2.60 bits per heavy atom. The maximum Gasteiger partial charge on any atom is 0.210 e. The lowest BCUT2D eigenvalue weighted by molar-refractivity contribution is 0.738. The molecule has 1 rings (SSSR count). The summed E-state index contributed by atoms with van der Waals surface area (Å²) in [6.07, 6.45) is 1.37. The molecule has 0 saturated carbocycles. The van der Waals surface area contributed by atoms with Crippen molar-refractivity contribution in [2.75, 3.05) is 0 Å². The number of hydrogen-bond acceptors (Lipinski definition) is 5. The SMILES string of the molecule is NC1=CC(N)(Cl)N=C(N)N1. The molecular weight excluding hydrogens is 154 g/mol. The van der Waals surface area contributed by atoms with Gasteiger partial charge in [-0.05, 0) is 0 Å². The van der Waals surface area contributed by atoms with Gasteiger partial charge < -0.3 is 16.8 Å². The first-order valence-corrected chi connectivity index (χ1v) is 2.96. The second-order valence-electron chi connectivity index (χ2n) is 1.95. The van der Waals surface area contributed by atoms with Gasteiger partial charge in [-0.1, -0.05) is 11.6 Å². The van der Waals surface area contributed by atoms with Gasteiger partial charge in [-0.3, -0.25) is 5.73 Å². The van der Waals surface area contributed by atoms with Gasteiger partial charge in [0.15, 0.2) is 5.96 Å². The first-order valence-electron chi connectivity index (χ1n) is 2.58. The lowest BCUT2D eigenvalue weighted by Crippen LogP contribution is -2.45. The molecule has 0 fully saturated rings. The van der Waals surface area contributed by atoms with Crippen molar-refractivity contribution in [1.82, 2.24) is 5.32 Å². The van der Waals surface area contributed by atoms with Crippen LogP contribution in [0.5, 0.6) is 0 Å². The molecule has 1 aliphatic rings. The van der Waals surface area contributed by atoms with Gasteiger partial charge in [-0.25, -0.2) is 4.99 Å². The maximum absolute atomic E-state index is 5.58. The third-order valence-electron chi connectivity index (χ3n) is 0.922. The van der Waals surface area contributed by atoms with Crippen LogP contribution in [0, 0.1) is 0 Å². The van der Waals surface area contributed by atoms with Crippen LogP contribution in [0.4, 0.5) is 0 Å². The molecule has 0 saturated heterocycles. The highest BCUT2D eigenvalue weighted by molar-refractivity contribution is 6.25. The smallest absolute Gasteiger partial charge is 0.210 e. The maximum atomic E-state index is 5.58. The molecule has 0 bridgehead atoms. The summed E-state index contributed by atoms with van der Waals surface area (Å²) in [5.41, 5.74) is 15.9. The molecule has 7 N–H and O–H groups in total. The van der Waals surface area contributed by atoms with Crippen molar-refractivity contribution >= 4 is 17.6 Å². The van der Waals surface area contributed by atoms with Crippen LogP contribution in [-0.2, 0) is 0 Å². The van der Waals surface area contributed by atoms with Crippen molar-refractivity contribution < 1.29 is 0 Å². The number of nitrogens with zero attached hydrogens (tertiary/aromatic N) is 1. The third-order valence-corrected chi connectivity index (χ3v) is 1.12. The Kier molecular flexibility index (Phi) is 1.46. The summed E-state index contributed by atoms with van der Waals surface area (Å²) in [4.78, 5) is 3.64. The van der Waals surface area contributed by atoms with Crippen LogP contribution in [0.15, 0.2) is 16.9 Å². The lowest BCUT2D eigenvalue weighted by Gasteiger charge is -2.20. The number of hydrogen-bond donors (Lipinski definition) is 4. The van der Waals surface area contributed by atoms with E-state index in [-0.39, 0.29) is 5.96 Å². The van der Waals surface area contributed by atoms with E-state index in [1.165, 1.54) is 6.08 Å².